The third kappa shape index (κ3) is 3.43. The molecule has 2 fully saturated rings. The van der Waals surface area contributed by atoms with Crippen LogP contribution >= 0.6 is 11.6 Å². The number of sulfonamides is 1. The van der Waals surface area contributed by atoms with E-state index < -0.39 is 10.0 Å². The van der Waals surface area contributed by atoms with Crippen LogP contribution in [0.2, 0.25) is 5.02 Å². The highest BCUT2D eigenvalue weighted by Crippen LogP contribution is 2.35. The molecule has 8 heteroatoms. The zero-order chi connectivity index (χ0) is 18.1. The smallest absolute Gasteiger partial charge is 0.225 e. The highest BCUT2D eigenvalue weighted by molar-refractivity contribution is 7.90. The van der Waals surface area contributed by atoms with Gasteiger partial charge in [-0.2, -0.15) is 4.31 Å². The molecule has 6 nitrogen and oxygen atoms in total. The number of nitrogens with zero attached hydrogens (tertiary/aromatic N) is 4. The quantitative estimate of drug-likeness (QED) is 0.803. The van der Waals surface area contributed by atoms with Crippen LogP contribution < -0.4 is 4.90 Å². The fourth-order valence-corrected chi connectivity index (χ4v) is 6.38. The molecule has 0 radical (unpaired) electrons. The van der Waals surface area contributed by atoms with Crippen LogP contribution in [0.25, 0.3) is 0 Å². The summed E-state index contributed by atoms with van der Waals surface area (Å²) in [5.74, 6) is 0.827. The van der Waals surface area contributed by atoms with Gasteiger partial charge in [-0.05, 0) is 42.5 Å². The van der Waals surface area contributed by atoms with Crippen molar-refractivity contribution >= 4 is 27.6 Å². The van der Waals surface area contributed by atoms with Gasteiger partial charge in [0.25, 0.3) is 0 Å². The minimum absolute atomic E-state index is 0.146. The van der Waals surface area contributed by atoms with E-state index in [0.29, 0.717) is 37.0 Å². The third-order valence-corrected chi connectivity index (χ3v) is 7.86. The monoisotopic (exact) mass is 392 g/mol. The Morgan fingerprint density at radius 2 is 1.88 bits per heavy atom. The van der Waals surface area contributed by atoms with E-state index in [0.717, 1.165) is 18.5 Å². The van der Waals surface area contributed by atoms with Gasteiger partial charge in [0, 0.05) is 43.6 Å². The number of aromatic nitrogens is 2. The Morgan fingerprint density at radius 3 is 2.65 bits per heavy atom. The summed E-state index contributed by atoms with van der Waals surface area (Å²) in [7, 11) is -3.31. The fourth-order valence-electron chi connectivity index (χ4n) is 3.94. The fraction of sp³-hybridized carbons (Fsp3) is 0.444. The van der Waals surface area contributed by atoms with Crippen molar-refractivity contribution < 1.29 is 8.42 Å². The van der Waals surface area contributed by atoms with Gasteiger partial charge in [-0.25, -0.2) is 18.4 Å². The molecular formula is C18H21ClN4O2S. The van der Waals surface area contributed by atoms with Crippen LogP contribution in [-0.4, -0.2) is 47.6 Å². The average Bonchev–Trinajstić information content (AvgIpc) is 2.78. The van der Waals surface area contributed by atoms with Gasteiger partial charge in [-0.15, -0.1) is 0 Å². The van der Waals surface area contributed by atoms with Gasteiger partial charge >= 0.3 is 0 Å². The lowest BCUT2D eigenvalue weighted by Crippen LogP contribution is -2.32. The molecule has 0 spiro atoms. The van der Waals surface area contributed by atoms with Gasteiger partial charge in [0.15, 0.2) is 0 Å². The first-order valence-electron chi connectivity index (χ1n) is 8.79. The second kappa shape index (κ2) is 7.13. The van der Waals surface area contributed by atoms with Crippen molar-refractivity contribution in [1.82, 2.24) is 14.3 Å². The molecule has 0 unspecified atom stereocenters. The van der Waals surface area contributed by atoms with Gasteiger partial charge in [0.05, 0.1) is 5.25 Å². The summed E-state index contributed by atoms with van der Waals surface area (Å²) in [6.45, 7) is 2.41. The number of fused-ring (bicyclic) bond motifs is 1. The molecule has 0 bridgehead atoms. The predicted octanol–water partition coefficient (Wildman–Crippen LogP) is 2.56. The van der Waals surface area contributed by atoms with Crippen molar-refractivity contribution in [2.75, 3.05) is 24.5 Å². The molecule has 1 aromatic carbocycles. The molecule has 26 heavy (non-hydrogen) atoms. The Kier molecular flexibility index (Phi) is 4.86. The number of rotatable bonds is 3. The Hall–Kier alpha value is -1.70. The van der Waals surface area contributed by atoms with E-state index in [1.54, 1.807) is 28.8 Å². The van der Waals surface area contributed by atoms with Crippen molar-refractivity contribution in [3.63, 3.8) is 0 Å². The number of hydrogen-bond donors (Lipinski definition) is 0. The lowest BCUT2D eigenvalue weighted by molar-refractivity contribution is 0.381. The average molecular weight is 393 g/mol. The number of anilines is 1. The molecule has 0 aliphatic carbocycles. The van der Waals surface area contributed by atoms with Crippen LogP contribution in [-0.2, 0) is 16.6 Å². The Balaban J connectivity index is 1.49. The van der Waals surface area contributed by atoms with E-state index >= 15 is 0 Å². The molecule has 0 amide bonds. The normalized spacial score (nSPS) is 25.7. The Morgan fingerprint density at radius 1 is 1.12 bits per heavy atom. The van der Waals surface area contributed by atoms with Crippen LogP contribution in [0.3, 0.4) is 0 Å². The van der Waals surface area contributed by atoms with Crippen molar-refractivity contribution in [2.45, 2.75) is 24.6 Å². The highest BCUT2D eigenvalue weighted by Gasteiger charge is 2.46. The molecule has 2 aliphatic heterocycles. The van der Waals surface area contributed by atoms with Gasteiger partial charge in [0.1, 0.15) is 0 Å². The van der Waals surface area contributed by atoms with E-state index in [9.17, 15) is 8.42 Å². The third-order valence-electron chi connectivity index (χ3n) is 5.24. The summed E-state index contributed by atoms with van der Waals surface area (Å²) < 4.78 is 27.7. The second-order valence-electron chi connectivity index (χ2n) is 6.88. The van der Waals surface area contributed by atoms with Gasteiger partial charge in [0.2, 0.25) is 16.0 Å². The molecule has 2 aromatic rings. The summed E-state index contributed by atoms with van der Waals surface area (Å²) in [6, 6.07) is 9.20. The molecule has 0 N–H and O–H groups in total. The summed E-state index contributed by atoms with van der Waals surface area (Å²) in [4.78, 5) is 10.7. The highest BCUT2D eigenvalue weighted by atomic mass is 35.5. The lowest BCUT2D eigenvalue weighted by Gasteiger charge is -2.21. The summed E-state index contributed by atoms with van der Waals surface area (Å²) >= 11 is 6.03. The zero-order valence-corrected chi connectivity index (χ0v) is 15.9. The predicted molar refractivity (Wildman–Crippen MR) is 102 cm³/mol. The Labute approximate surface area is 158 Å². The largest absolute Gasteiger partial charge is 0.341 e. The van der Waals surface area contributed by atoms with E-state index in [1.807, 2.05) is 18.2 Å². The van der Waals surface area contributed by atoms with Gasteiger partial charge < -0.3 is 4.90 Å². The van der Waals surface area contributed by atoms with Crippen molar-refractivity contribution in [2.24, 2.45) is 5.92 Å². The molecule has 2 atom stereocenters. The van der Waals surface area contributed by atoms with E-state index in [-0.39, 0.29) is 11.2 Å². The summed E-state index contributed by atoms with van der Waals surface area (Å²) in [5, 5.41) is 0.308. The van der Waals surface area contributed by atoms with Gasteiger partial charge in [-0.3, -0.25) is 0 Å². The van der Waals surface area contributed by atoms with E-state index in [4.69, 9.17) is 11.6 Å². The van der Waals surface area contributed by atoms with Crippen LogP contribution in [0, 0.1) is 5.92 Å². The zero-order valence-electron chi connectivity index (χ0n) is 14.3. The molecule has 4 rings (SSSR count). The number of hydrogen-bond acceptors (Lipinski definition) is 5. The standard InChI is InChI=1S/C18H21ClN4O2S/c19-16-4-1-3-14(11-16)12-23-13-15-5-9-22(18-20-7-2-8-21-18)10-6-17(15)26(23,24)25/h1-4,7-8,11,15,17H,5-6,9-10,12-13H2/t15-,17-/m1/s1. The van der Waals surface area contributed by atoms with Crippen LogP contribution in [0.1, 0.15) is 18.4 Å². The molecular weight excluding hydrogens is 372 g/mol. The maximum atomic E-state index is 13.1. The molecule has 1 aromatic heterocycles. The topological polar surface area (TPSA) is 66.4 Å². The lowest BCUT2D eigenvalue weighted by atomic mass is 10.0. The Bertz CT molecular complexity index is 878. The summed E-state index contributed by atoms with van der Waals surface area (Å²) in [6.07, 6.45) is 4.88. The maximum absolute atomic E-state index is 13.1. The minimum Gasteiger partial charge on any atom is -0.341 e. The van der Waals surface area contributed by atoms with Crippen LogP contribution in [0.4, 0.5) is 5.95 Å². The minimum atomic E-state index is -3.31. The SMILES string of the molecule is O=S1(=O)[C@@H]2CCN(c3ncccn3)CC[C@@H]2CN1Cc1cccc(Cl)c1. The molecule has 138 valence electrons. The van der Waals surface area contributed by atoms with Crippen molar-refractivity contribution in [1.29, 1.82) is 0 Å². The van der Waals surface area contributed by atoms with E-state index in [2.05, 4.69) is 14.9 Å². The van der Waals surface area contributed by atoms with Crippen LogP contribution in [0.15, 0.2) is 42.7 Å². The first kappa shape index (κ1) is 17.7. The number of benzene rings is 1. The molecule has 3 heterocycles. The summed E-state index contributed by atoms with van der Waals surface area (Å²) in [5.41, 5.74) is 0.928. The number of halogens is 1. The van der Waals surface area contributed by atoms with E-state index in [1.165, 1.54) is 0 Å². The maximum Gasteiger partial charge on any atom is 0.225 e. The van der Waals surface area contributed by atoms with Gasteiger partial charge in [-0.1, -0.05) is 23.7 Å². The van der Waals surface area contributed by atoms with Crippen molar-refractivity contribution in [3.05, 3.63) is 53.3 Å². The molecule has 2 aliphatic rings. The first-order chi connectivity index (χ1) is 12.5. The first-order valence-corrected chi connectivity index (χ1v) is 10.7. The molecule has 2 saturated heterocycles. The van der Waals surface area contributed by atoms with Crippen molar-refractivity contribution in [3.8, 4) is 0 Å². The van der Waals surface area contributed by atoms with Crippen LogP contribution in [0.5, 0.6) is 0 Å². The second-order valence-corrected chi connectivity index (χ2v) is 9.47. The molecule has 0 saturated carbocycles.